The molecule has 0 saturated heterocycles. The zero-order chi connectivity index (χ0) is 21.3. The number of hydrogen-bond acceptors (Lipinski definition) is 2. The molecule has 30 heavy (non-hydrogen) atoms. The van der Waals surface area contributed by atoms with E-state index >= 15 is 0 Å². The summed E-state index contributed by atoms with van der Waals surface area (Å²) in [7, 11) is 0. The molecule has 156 valence electrons. The number of nitrogens with zero attached hydrogens (tertiary/aromatic N) is 3. The first-order valence-corrected chi connectivity index (χ1v) is 10.8. The summed E-state index contributed by atoms with van der Waals surface area (Å²) in [6.45, 7) is 5.51. The van der Waals surface area contributed by atoms with E-state index in [1.807, 2.05) is 26.0 Å². The quantitative estimate of drug-likeness (QED) is 0.507. The Morgan fingerprint density at radius 1 is 1.20 bits per heavy atom. The number of hydrogen-bond donors (Lipinski definition) is 1. The van der Waals surface area contributed by atoms with Gasteiger partial charge in [0.2, 0.25) is 0 Å². The van der Waals surface area contributed by atoms with E-state index in [1.54, 1.807) is 23.1 Å². The Labute approximate surface area is 186 Å². The second-order valence-corrected chi connectivity index (χ2v) is 8.72. The molecule has 5 nitrogen and oxygen atoms in total. The van der Waals surface area contributed by atoms with Gasteiger partial charge in [0.05, 0.1) is 5.69 Å². The Morgan fingerprint density at radius 3 is 2.67 bits per heavy atom. The average Bonchev–Trinajstić information content (AvgIpc) is 3.27. The standard InChI is InChI=1S/C23H24Cl2N4O/c1-15(2)29(23(30)26-20-11-18(24)10-19(25)12-20)13-16-5-3-6-17(9-16)21-14-28-8-4-7-22(28)27-21/h3,5-6,9-12,14-15H,4,7-8,13H2,1-2H3,(H,26,30). The van der Waals surface area contributed by atoms with Gasteiger partial charge >= 0.3 is 6.03 Å². The summed E-state index contributed by atoms with van der Waals surface area (Å²) in [4.78, 5) is 19.5. The van der Waals surface area contributed by atoms with Crippen molar-refractivity contribution in [3.8, 4) is 11.3 Å². The number of fused-ring (bicyclic) bond motifs is 1. The molecule has 1 N–H and O–H groups in total. The van der Waals surface area contributed by atoms with Gasteiger partial charge in [0.15, 0.2) is 0 Å². The first-order valence-electron chi connectivity index (χ1n) is 10.1. The largest absolute Gasteiger partial charge is 0.334 e. The number of carbonyl (C=O) groups excluding carboxylic acids is 1. The van der Waals surface area contributed by atoms with E-state index in [1.165, 1.54) is 6.42 Å². The average molecular weight is 443 g/mol. The summed E-state index contributed by atoms with van der Waals surface area (Å²) in [5.74, 6) is 1.15. The molecule has 3 aromatic rings. The van der Waals surface area contributed by atoms with Gasteiger partial charge in [-0.2, -0.15) is 0 Å². The van der Waals surface area contributed by atoms with Crippen LogP contribution in [0.15, 0.2) is 48.7 Å². The lowest BCUT2D eigenvalue weighted by Crippen LogP contribution is -2.39. The van der Waals surface area contributed by atoms with E-state index in [2.05, 4.69) is 28.2 Å². The maximum Gasteiger partial charge on any atom is 0.322 e. The van der Waals surface area contributed by atoms with E-state index < -0.39 is 0 Å². The molecule has 0 aliphatic carbocycles. The van der Waals surface area contributed by atoms with Crippen molar-refractivity contribution < 1.29 is 4.79 Å². The second-order valence-electron chi connectivity index (χ2n) is 7.85. The molecule has 1 aliphatic rings. The van der Waals surface area contributed by atoms with E-state index in [9.17, 15) is 4.79 Å². The van der Waals surface area contributed by atoms with Gasteiger partial charge in [-0.3, -0.25) is 0 Å². The first kappa shape index (κ1) is 20.8. The number of anilines is 1. The highest BCUT2D eigenvalue weighted by molar-refractivity contribution is 6.35. The zero-order valence-corrected chi connectivity index (χ0v) is 18.5. The number of urea groups is 1. The molecular formula is C23H24Cl2N4O. The molecule has 0 bridgehead atoms. The molecule has 1 aliphatic heterocycles. The fraction of sp³-hybridized carbons (Fsp3) is 0.304. The molecule has 0 spiro atoms. The summed E-state index contributed by atoms with van der Waals surface area (Å²) in [5, 5.41) is 3.86. The molecule has 0 unspecified atom stereocenters. The van der Waals surface area contributed by atoms with Gasteiger partial charge in [-0.1, -0.05) is 41.4 Å². The van der Waals surface area contributed by atoms with Crippen LogP contribution in [-0.2, 0) is 19.5 Å². The number of aryl methyl sites for hydroxylation is 2. The summed E-state index contributed by atoms with van der Waals surface area (Å²) in [5.41, 5.74) is 3.68. The summed E-state index contributed by atoms with van der Waals surface area (Å²) in [6.07, 6.45) is 4.32. The van der Waals surface area contributed by atoms with Crippen LogP contribution in [0.4, 0.5) is 10.5 Å². The molecule has 4 rings (SSSR count). The predicted octanol–water partition coefficient (Wildman–Crippen LogP) is 6.25. The molecular weight excluding hydrogens is 419 g/mol. The van der Waals surface area contributed by atoms with Crippen molar-refractivity contribution >= 4 is 34.9 Å². The van der Waals surface area contributed by atoms with Crippen LogP contribution in [-0.4, -0.2) is 26.5 Å². The molecule has 0 radical (unpaired) electrons. The van der Waals surface area contributed by atoms with Crippen LogP contribution in [0.2, 0.25) is 10.0 Å². The smallest absolute Gasteiger partial charge is 0.322 e. The number of carbonyl (C=O) groups is 1. The van der Waals surface area contributed by atoms with Crippen LogP contribution in [0, 0.1) is 0 Å². The summed E-state index contributed by atoms with van der Waals surface area (Å²) in [6, 6.07) is 13.0. The third kappa shape index (κ3) is 4.63. The van der Waals surface area contributed by atoms with Gasteiger partial charge < -0.3 is 14.8 Å². The highest BCUT2D eigenvalue weighted by atomic mass is 35.5. The third-order valence-electron chi connectivity index (χ3n) is 5.23. The molecule has 2 aromatic carbocycles. The van der Waals surface area contributed by atoms with Crippen molar-refractivity contribution in [2.24, 2.45) is 0 Å². The van der Waals surface area contributed by atoms with Crippen LogP contribution >= 0.6 is 23.2 Å². The number of aromatic nitrogens is 2. The van der Waals surface area contributed by atoms with Crippen molar-refractivity contribution in [1.29, 1.82) is 0 Å². The van der Waals surface area contributed by atoms with Crippen LogP contribution in [0.3, 0.4) is 0 Å². The Balaban J connectivity index is 1.52. The Hall–Kier alpha value is -2.50. The minimum atomic E-state index is -0.199. The van der Waals surface area contributed by atoms with Crippen LogP contribution < -0.4 is 5.32 Å². The Kier molecular flexibility index (Phi) is 6.02. The Bertz CT molecular complexity index is 1040. The predicted molar refractivity (Wildman–Crippen MR) is 122 cm³/mol. The van der Waals surface area contributed by atoms with Crippen LogP contribution in [0.25, 0.3) is 11.3 Å². The first-order chi connectivity index (χ1) is 14.4. The van der Waals surface area contributed by atoms with Crippen molar-refractivity contribution in [2.45, 2.75) is 45.8 Å². The van der Waals surface area contributed by atoms with Gasteiger partial charge in [0.1, 0.15) is 5.82 Å². The van der Waals surface area contributed by atoms with Gasteiger partial charge in [0.25, 0.3) is 0 Å². The topological polar surface area (TPSA) is 50.2 Å². The monoisotopic (exact) mass is 442 g/mol. The highest BCUT2D eigenvalue weighted by Crippen LogP contribution is 2.25. The van der Waals surface area contributed by atoms with Crippen molar-refractivity contribution in [2.75, 3.05) is 5.32 Å². The maximum absolute atomic E-state index is 12.9. The maximum atomic E-state index is 12.9. The molecule has 2 amide bonds. The van der Waals surface area contributed by atoms with Crippen molar-refractivity contribution in [1.82, 2.24) is 14.5 Å². The second kappa shape index (κ2) is 8.70. The van der Waals surface area contributed by atoms with Crippen molar-refractivity contribution in [3.63, 3.8) is 0 Å². The normalized spacial score (nSPS) is 12.8. The zero-order valence-electron chi connectivity index (χ0n) is 17.0. The van der Waals surface area contributed by atoms with E-state index in [4.69, 9.17) is 28.2 Å². The van der Waals surface area contributed by atoms with E-state index in [0.717, 1.165) is 35.6 Å². The lowest BCUT2D eigenvalue weighted by atomic mass is 10.1. The SMILES string of the molecule is CC(C)N(Cc1cccc(-c2cn3c(n2)CCC3)c1)C(=O)Nc1cc(Cl)cc(Cl)c1. The number of amides is 2. The minimum Gasteiger partial charge on any atom is -0.334 e. The van der Waals surface area contributed by atoms with Gasteiger partial charge in [-0.05, 0) is 50.1 Å². The summed E-state index contributed by atoms with van der Waals surface area (Å²) < 4.78 is 2.23. The van der Waals surface area contributed by atoms with Gasteiger partial charge in [0, 0.05) is 53.0 Å². The molecule has 1 aromatic heterocycles. The molecule has 2 heterocycles. The van der Waals surface area contributed by atoms with Gasteiger partial charge in [-0.25, -0.2) is 9.78 Å². The minimum absolute atomic E-state index is 0.0136. The van der Waals surface area contributed by atoms with Gasteiger partial charge in [-0.15, -0.1) is 0 Å². The number of benzene rings is 2. The van der Waals surface area contributed by atoms with Crippen LogP contribution in [0.1, 0.15) is 31.7 Å². The van der Waals surface area contributed by atoms with E-state index in [-0.39, 0.29) is 12.1 Å². The molecule has 0 fully saturated rings. The Morgan fingerprint density at radius 2 is 1.97 bits per heavy atom. The molecule has 0 saturated carbocycles. The van der Waals surface area contributed by atoms with Crippen LogP contribution in [0.5, 0.6) is 0 Å². The molecule has 0 atom stereocenters. The fourth-order valence-corrected chi connectivity index (χ4v) is 4.26. The highest BCUT2D eigenvalue weighted by Gasteiger charge is 2.19. The third-order valence-corrected chi connectivity index (χ3v) is 5.67. The summed E-state index contributed by atoms with van der Waals surface area (Å²) >= 11 is 12.1. The number of halogens is 2. The lowest BCUT2D eigenvalue weighted by Gasteiger charge is -2.27. The number of imidazole rings is 1. The number of nitrogens with one attached hydrogen (secondary N) is 1. The van der Waals surface area contributed by atoms with Crippen molar-refractivity contribution in [3.05, 3.63) is 70.1 Å². The van der Waals surface area contributed by atoms with E-state index in [0.29, 0.717) is 22.3 Å². The lowest BCUT2D eigenvalue weighted by molar-refractivity contribution is 0.193. The molecule has 7 heteroatoms. The number of rotatable bonds is 5. The fourth-order valence-electron chi connectivity index (χ4n) is 3.73.